The lowest BCUT2D eigenvalue weighted by molar-refractivity contribution is -0.161. The second kappa shape index (κ2) is 4.63. The third-order valence-corrected chi connectivity index (χ3v) is 5.62. The van der Waals surface area contributed by atoms with Crippen LogP contribution in [0.4, 0.5) is 0 Å². The summed E-state index contributed by atoms with van der Waals surface area (Å²) in [6.07, 6.45) is 9.64. The van der Waals surface area contributed by atoms with Gasteiger partial charge in [-0.05, 0) is 68.3 Å². The molecular weight excluding hydrogens is 232 g/mol. The Kier molecular flexibility index (Phi) is 2.91. The molecule has 0 amide bonds. The lowest BCUT2D eigenvalue weighted by atomic mass is 9.54. The fourth-order valence-electron chi connectivity index (χ4n) is 5.24. The maximum atomic E-state index is 6.45. The Bertz CT molecular complexity index is 401. The minimum Gasteiger partial charge on any atom is -0.375 e. The summed E-state index contributed by atoms with van der Waals surface area (Å²) in [6, 6.07) is 10.8. The molecule has 1 aromatic rings. The third kappa shape index (κ3) is 2.33. The maximum Gasteiger partial charge on any atom is 0.0690 e. The SMILES string of the molecule is c1ccc(CCOC23CC4CC(CC(C4)C2)C3)cc1. The van der Waals surface area contributed by atoms with Gasteiger partial charge in [-0.1, -0.05) is 30.3 Å². The van der Waals surface area contributed by atoms with Crippen LogP contribution >= 0.6 is 0 Å². The summed E-state index contributed by atoms with van der Waals surface area (Å²) in [7, 11) is 0. The molecule has 4 bridgehead atoms. The van der Waals surface area contributed by atoms with Crippen LogP contribution in [-0.4, -0.2) is 12.2 Å². The van der Waals surface area contributed by atoms with Crippen LogP contribution < -0.4 is 0 Å². The van der Waals surface area contributed by atoms with Gasteiger partial charge in [-0.25, -0.2) is 0 Å². The van der Waals surface area contributed by atoms with Crippen molar-refractivity contribution in [3.05, 3.63) is 35.9 Å². The molecule has 0 saturated heterocycles. The Hall–Kier alpha value is -0.820. The molecule has 5 rings (SSSR count). The average Bonchev–Trinajstić information content (AvgIpc) is 2.38. The van der Waals surface area contributed by atoms with Crippen molar-refractivity contribution in [2.75, 3.05) is 6.61 Å². The highest BCUT2D eigenvalue weighted by atomic mass is 16.5. The zero-order valence-electron chi connectivity index (χ0n) is 11.7. The molecule has 4 aliphatic rings. The van der Waals surface area contributed by atoms with Crippen molar-refractivity contribution >= 4 is 0 Å². The molecule has 0 unspecified atom stereocenters. The van der Waals surface area contributed by atoms with Crippen molar-refractivity contribution in [1.29, 1.82) is 0 Å². The Morgan fingerprint density at radius 1 is 0.895 bits per heavy atom. The first kappa shape index (κ1) is 12.0. The summed E-state index contributed by atoms with van der Waals surface area (Å²) in [5.41, 5.74) is 1.69. The number of hydrogen-bond acceptors (Lipinski definition) is 1. The van der Waals surface area contributed by atoms with Crippen molar-refractivity contribution in [3.63, 3.8) is 0 Å². The highest BCUT2D eigenvalue weighted by Gasteiger charge is 2.51. The van der Waals surface area contributed by atoms with Gasteiger partial charge in [0.2, 0.25) is 0 Å². The number of ether oxygens (including phenoxy) is 1. The molecular formula is C18H24O. The molecule has 102 valence electrons. The normalized spacial score (nSPS) is 39.7. The number of hydrogen-bond donors (Lipinski definition) is 0. The van der Waals surface area contributed by atoms with Crippen molar-refractivity contribution in [2.24, 2.45) is 17.8 Å². The number of benzene rings is 1. The average molecular weight is 256 g/mol. The van der Waals surface area contributed by atoms with Crippen LogP contribution in [0.5, 0.6) is 0 Å². The van der Waals surface area contributed by atoms with Gasteiger partial charge >= 0.3 is 0 Å². The standard InChI is InChI=1S/C18H24O/c1-2-4-14(5-3-1)6-7-19-18-11-15-8-16(12-18)10-17(9-15)13-18/h1-5,15-17H,6-13H2. The fraction of sp³-hybridized carbons (Fsp3) is 0.667. The van der Waals surface area contributed by atoms with E-state index in [0.29, 0.717) is 0 Å². The second-order valence-electron chi connectivity index (χ2n) is 7.18. The fourth-order valence-corrected chi connectivity index (χ4v) is 5.24. The Balaban J connectivity index is 1.38. The van der Waals surface area contributed by atoms with Crippen molar-refractivity contribution < 1.29 is 4.74 Å². The van der Waals surface area contributed by atoms with Crippen LogP contribution in [-0.2, 0) is 11.2 Å². The van der Waals surface area contributed by atoms with Gasteiger partial charge in [-0.3, -0.25) is 0 Å². The van der Waals surface area contributed by atoms with E-state index in [1.165, 1.54) is 44.1 Å². The summed E-state index contributed by atoms with van der Waals surface area (Å²) >= 11 is 0. The summed E-state index contributed by atoms with van der Waals surface area (Å²) in [6.45, 7) is 0.913. The molecule has 0 atom stereocenters. The van der Waals surface area contributed by atoms with Crippen molar-refractivity contribution in [3.8, 4) is 0 Å². The van der Waals surface area contributed by atoms with Crippen LogP contribution in [0, 0.1) is 17.8 Å². The molecule has 0 aromatic heterocycles. The molecule has 4 saturated carbocycles. The van der Waals surface area contributed by atoms with E-state index >= 15 is 0 Å². The van der Waals surface area contributed by atoms with Crippen LogP contribution in [0.15, 0.2) is 30.3 Å². The summed E-state index contributed by atoms with van der Waals surface area (Å²) < 4.78 is 6.45. The van der Waals surface area contributed by atoms with E-state index in [-0.39, 0.29) is 5.60 Å². The monoisotopic (exact) mass is 256 g/mol. The molecule has 0 radical (unpaired) electrons. The molecule has 0 N–H and O–H groups in total. The van der Waals surface area contributed by atoms with Gasteiger partial charge in [0.15, 0.2) is 0 Å². The smallest absolute Gasteiger partial charge is 0.0690 e. The van der Waals surface area contributed by atoms with E-state index in [1.54, 1.807) is 0 Å². The largest absolute Gasteiger partial charge is 0.375 e. The topological polar surface area (TPSA) is 9.23 Å². The van der Waals surface area contributed by atoms with Gasteiger partial charge in [0.05, 0.1) is 12.2 Å². The van der Waals surface area contributed by atoms with Gasteiger partial charge in [0, 0.05) is 0 Å². The highest BCUT2D eigenvalue weighted by molar-refractivity contribution is 5.14. The summed E-state index contributed by atoms with van der Waals surface area (Å²) in [5.74, 6) is 2.97. The quantitative estimate of drug-likeness (QED) is 0.784. The van der Waals surface area contributed by atoms with Gasteiger partial charge in [0.1, 0.15) is 0 Å². The van der Waals surface area contributed by atoms with Crippen molar-refractivity contribution in [2.45, 2.75) is 50.5 Å². The summed E-state index contributed by atoms with van der Waals surface area (Å²) in [4.78, 5) is 0. The van der Waals surface area contributed by atoms with Crippen LogP contribution in [0.2, 0.25) is 0 Å². The third-order valence-electron chi connectivity index (χ3n) is 5.62. The van der Waals surface area contributed by atoms with Gasteiger partial charge in [0.25, 0.3) is 0 Å². The van der Waals surface area contributed by atoms with Crippen LogP contribution in [0.1, 0.15) is 44.1 Å². The lowest BCUT2D eigenvalue weighted by Crippen LogP contribution is -2.52. The lowest BCUT2D eigenvalue weighted by Gasteiger charge is -2.56. The Labute approximate surface area is 116 Å². The first-order valence-electron chi connectivity index (χ1n) is 7.99. The molecule has 1 nitrogen and oxygen atoms in total. The molecule has 19 heavy (non-hydrogen) atoms. The molecule has 0 spiro atoms. The Morgan fingerprint density at radius 3 is 2.05 bits per heavy atom. The molecule has 0 aliphatic heterocycles. The zero-order chi connectivity index (χ0) is 12.7. The summed E-state index contributed by atoms with van der Waals surface area (Å²) in [5, 5.41) is 0. The van der Waals surface area contributed by atoms with E-state index < -0.39 is 0 Å². The van der Waals surface area contributed by atoms with E-state index in [9.17, 15) is 0 Å². The Morgan fingerprint density at radius 2 is 1.47 bits per heavy atom. The van der Waals surface area contributed by atoms with E-state index in [2.05, 4.69) is 30.3 Å². The zero-order valence-corrected chi connectivity index (χ0v) is 11.7. The van der Waals surface area contributed by atoms with Crippen LogP contribution in [0.25, 0.3) is 0 Å². The van der Waals surface area contributed by atoms with E-state index in [1.807, 2.05) is 0 Å². The van der Waals surface area contributed by atoms with Gasteiger partial charge in [-0.2, -0.15) is 0 Å². The first-order valence-corrected chi connectivity index (χ1v) is 7.99. The molecule has 4 fully saturated rings. The van der Waals surface area contributed by atoms with Crippen LogP contribution in [0.3, 0.4) is 0 Å². The van der Waals surface area contributed by atoms with E-state index in [0.717, 1.165) is 30.8 Å². The van der Waals surface area contributed by atoms with E-state index in [4.69, 9.17) is 4.74 Å². The van der Waals surface area contributed by atoms with Gasteiger partial charge in [-0.15, -0.1) is 0 Å². The highest BCUT2D eigenvalue weighted by Crippen LogP contribution is 2.57. The minimum atomic E-state index is 0.281. The predicted octanol–water partition coefficient (Wildman–Crippen LogP) is 4.21. The predicted molar refractivity (Wildman–Crippen MR) is 77.0 cm³/mol. The molecule has 1 aromatic carbocycles. The molecule has 4 aliphatic carbocycles. The first-order chi connectivity index (χ1) is 9.31. The minimum absolute atomic E-state index is 0.281. The molecule has 0 heterocycles. The van der Waals surface area contributed by atoms with Crippen molar-refractivity contribution in [1.82, 2.24) is 0 Å². The number of rotatable bonds is 4. The van der Waals surface area contributed by atoms with Gasteiger partial charge < -0.3 is 4.74 Å². The second-order valence-corrected chi connectivity index (χ2v) is 7.18. The molecule has 1 heteroatoms. The maximum absolute atomic E-state index is 6.45.